The number of rotatable bonds is 3. The van der Waals surface area contributed by atoms with Crippen LogP contribution < -0.4 is 5.32 Å². The topological polar surface area (TPSA) is 35.8 Å². The Morgan fingerprint density at radius 1 is 1.11 bits per heavy atom. The summed E-state index contributed by atoms with van der Waals surface area (Å²) < 4.78 is 0.969. The summed E-state index contributed by atoms with van der Waals surface area (Å²) in [5.41, 5.74) is 1.12. The van der Waals surface area contributed by atoms with Gasteiger partial charge in [-0.3, -0.25) is 0 Å². The lowest BCUT2D eigenvalue weighted by Crippen LogP contribution is -2.29. The molecule has 0 aliphatic rings. The van der Waals surface area contributed by atoms with Crippen LogP contribution in [-0.4, -0.2) is 0 Å². The summed E-state index contributed by atoms with van der Waals surface area (Å²) in [6, 6.07) is 19.9. The van der Waals surface area contributed by atoms with Gasteiger partial charge in [0.1, 0.15) is 5.54 Å². The van der Waals surface area contributed by atoms with Crippen molar-refractivity contribution in [3.8, 4) is 6.07 Å². The fraction of sp³-hybridized carbons (Fsp3) is 0.133. The largest absolute Gasteiger partial charge is 0.364 e. The van der Waals surface area contributed by atoms with E-state index in [4.69, 9.17) is 0 Å². The van der Waals surface area contributed by atoms with E-state index in [-0.39, 0.29) is 0 Å². The Bertz CT molecular complexity index is 575. The Labute approximate surface area is 115 Å². The van der Waals surface area contributed by atoms with E-state index in [1.807, 2.05) is 61.5 Å². The predicted molar refractivity (Wildman–Crippen MR) is 77.2 cm³/mol. The summed E-state index contributed by atoms with van der Waals surface area (Å²) in [4.78, 5) is 0. The van der Waals surface area contributed by atoms with Crippen LogP contribution in [0.25, 0.3) is 0 Å². The van der Waals surface area contributed by atoms with Crippen LogP contribution in [0.5, 0.6) is 0 Å². The highest BCUT2D eigenvalue weighted by Gasteiger charge is 2.26. The van der Waals surface area contributed by atoms with Gasteiger partial charge in [0.25, 0.3) is 0 Å². The molecule has 2 aromatic rings. The molecule has 1 atom stereocenters. The zero-order valence-electron chi connectivity index (χ0n) is 10.0. The van der Waals surface area contributed by atoms with E-state index in [2.05, 4.69) is 27.3 Å². The number of nitriles is 1. The molecule has 0 amide bonds. The first-order chi connectivity index (χ1) is 8.64. The Morgan fingerprint density at radius 3 is 2.44 bits per heavy atom. The molecular weight excluding hydrogens is 288 g/mol. The van der Waals surface area contributed by atoms with Crippen molar-refractivity contribution >= 4 is 21.6 Å². The fourth-order valence-corrected chi connectivity index (χ4v) is 2.17. The first-order valence-corrected chi connectivity index (χ1v) is 6.44. The second-order valence-electron chi connectivity index (χ2n) is 4.24. The van der Waals surface area contributed by atoms with Crippen LogP contribution in [0.3, 0.4) is 0 Å². The maximum absolute atomic E-state index is 9.46. The van der Waals surface area contributed by atoms with Crippen molar-refractivity contribution in [3.05, 3.63) is 64.6 Å². The molecule has 0 saturated heterocycles. The first-order valence-electron chi connectivity index (χ1n) is 5.64. The third-order valence-electron chi connectivity index (χ3n) is 2.79. The normalized spacial score (nSPS) is 13.4. The van der Waals surface area contributed by atoms with Gasteiger partial charge in [-0.2, -0.15) is 5.26 Å². The van der Waals surface area contributed by atoms with E-state index >= 15 is 0 Å². The number of anilines is 1. The zero-order chi connectivity index (χ0) is 13.0. The minimum absolute atomic E-state index is 0.745. The number of halogens is 1. The molecule has 18 heavy (non-hydrogen) atoms. The molecule has 3 heteroatoms. The average molecular weight is 301 g/mol. The van der Waals surface area contributed by atoms with Gasteiger partial charge in [-0.15, -0.1) is 0 Å². The van der Waals surface area contributed by atoms with Crippen LogP contribution in [-0.2, 0) is 5.54 Å². The Kier molecular flexibility index (Phi) is 3.69. The lowest BCUT2D eigenvalue weighted by atomic mass is 9.93. The summed E-state index contributed by atoms with van der Waals surface area (Å²) in [5.74, 6) is 0. The zero-order valence-corrected chi connectivity index (χ0v) is 11.6. The summed E-state index contributed by atoms with van der Waals surface area (Å²) >= 11 is 3.43. The number of benzene rings is 2. The Hall–Kier alpha value is -1.79. The van der Waals surface area contributed by atoms with Gasteiger partial charge in [0.05, 0.1) is 6.07 Å². The van der Waals surface area contributed by atoms with Crippen LogP contribution in [0.2, 0.25) is 0 Å². The second-order valence-corrected chi connectivity index (χ2v) is 5.15. The van der Waals surface area contributed by atoms with Gasteiger partial charge in [0, 0.05) is 10.2 Å². The van der Waals surface area contributed by atoms with Crippen LogP contribution >= 0.6 is 15.9 Å². The SMILES string of the molecule is CC(C#N)(Nc1ccccc1)c1cccc(Br)c1. The minimum atomic E-state index is -0.745. The van der Waals surface area contributed by atoms with Gasteiger partial charge in [-0.05, 0) is 36.8 Å². The van der Waals surface area contributed by atoms with E-state index in [9.17, 15) is 5.26 Å². The molecule has 0 aliphatic heterocycles. The van der Waals surface area contributed by atoms with Crippen molar-refractivity contribution in [3.63, 3.8) is 0 Å². The molecule has 0 aliphatic carbocycles. The van der Waals surface area contributed by atoms with E-state index < -0.39 is 5.54 Å². The highest BCUT2D eigenvalue weighted by atomic mass is 79.9. The first kappa shape index (κ1) is 12.7. The third kappa shape index (κ3) is 2.72. The number of nitrogens with zero attached hydrogens (tertiary/aromatic N) is 1. The van der Waals surface area contributed by atoms with Crippen molar-refractivity contribution in [1.29, 1.82) is 5.26 Å². The van der Waals surface area contributed by atoms with Gasteiger partial charge in [-0.1, -0.05) is 46.3 Å². The minimum Gasteiger partial charge on any atom is -0.364 e. The number of para-hydroxylation sites is 1. The van der Waals surface area contributed by atoms with Crippen LogP contribution in [0.15, 0.2) is 59.1 Å². The van der Waals surface area contributed by atoms with Gasteiger partial charge in [0.2, 0.25) is 0 Å². The molecule has 0 bridgehead atoms. The average Bonchev–Trinajstić information content (AvgIpc) is 2.40. The van der Waals surface area contributed by atoms with E-state index in [0.29, 0.717) is 0 Å². The molecule has 1 unspecified atom stereocenters. The van der Waals surface area contributed by atoms with E-state index in [1.165, 1.54) is 0 Å². The van der Waals surface area contributed by atoms with Gasteiger partial charge in [-0.25, -0.2) is 0 Å². The molecule has 0 fully saturated rings. The van der Waals surface area contributed by atoms with Crippen molar-refractivity contribution in [1.82, 2.24) is 0 Å². The molecule has 2 rings (SSSR count). The summed E-state index contributed by atoms with van der Waals surface area (Å²) in [6.45, 7) is 1.88. The van der Waals surface area contributed by atoms with Crippen LogP contribution in [0, 0.1) is 11.3 Å². The molecule has 90 valence electrons. The van der Waals surface area contributed by atoms with E-state index in [1.54, 1.807) is 0 Å². The standard InChI is InChI=1S/C15H13BrN2/c1-15(11-17,12-6-5-7-13(16)10-12)18-14-8-3-2-4-9-14/h2-10,18H,1H3. The predicted octanol–water partition coefficient (Wildman–Crippen LogP) is 4.30. The molecule has 0 heterocycles. The quantitative estimate of drug-likeness (QED) is 0.917. The highest BCUT2D eigenvalue weighted by Crippen LogP contribution is 2.27. The smallest absolute Gasteiger partial charge is 0.148 e. The second kappa shape index (κ2) is 5.24. The summed E-state index contributed by atoms with van der Waals surface area (Å²) in [5, 5.41) is 12.7. The molecule has 0 saturated carbocycles. The van der Waals surface area contributed by atoms with Crippen LogP contribution in [0.4, 0.5) is 5.69 Å². The highest BCUT2D eigenvalue weighted by molar-refractivity contribution is 9.10. The maximum Gasteiger partial charge on any atom is 0.148 e. The monoisotopic (exact) mass is 300 g/mol. The number of nitrogens with one attached hydrogen (secondary N) is 1. The lowest BCUT2D eigenvalue weighted by Gasteiger charge is -2.25. The van der Waals surface area contributed by atoms with Gasteiger partial charge >= 0.3 is 0 Å². The Balaban J connectivity index is 2.35. The van der Waals surface area contributed by atoms with Crippen molar-refractivity contribution in [2.75, 3.05) is 5.32 Å². The van der Waals surface area contributed by atoms with Crippen molar-refractivity contribution in [2.24, 2.45) is 0 Å². The molecule has 2 aromatic carbocycles. The van der Waals surface area contributed by atoms with E-state index in [0.717, 1.165) is 15.7 Å². The maximum atomic E-state index is 9.46. The van der Waals surface area contributed by atoms with Crippen LogP contribution in [0.1, 0.15) is 12.5 Å². The van der Waals surface area contributed by atoms with Gasteiger partial charge in [0.15, 0.2) is 0 Å². The Morgan fingerprint density at radius 2 is 1.83 bits per heavy atom. The van der Waals surface area contributed by atoms with Gasteiger partial charge < -0.3 is 5.32 Å². The summed E-state index contributed by atoms with van der Waals surface area (Å²) in [7, 11) is 0. The number of hydrogen-bond acceptors (Lipinski definition) is 2. The molecule has 2 nitrogen and oxygen atoms in total. The molecule has 0 spiro atoms. The lowest BCUT2D eigenvalue weighted by molar-refractivity contribution is 0.706. The fourth-order valence-electron chi connectivity index (χ4n) is 1.77. The number of hydrogen-bond donors (Lipinski definition) is 1. The summed E-state index contributed by atoms with van der Waals surface area (Å²) in [6.07, 6.45) is 0. The molecular formula is C15H13BrN2. The van der Waals surface area contributed by atoms with Crippen molar-refractivity contribution < 1.29 is 0 Å². The molecule has 0 aromatic heterocycles. The third-order valence-corrected chi connectivity index (χ3v) is 3.29. The van der Waals surface area contributed by atoms with Crippen molar-refractivity contribution in [2.45, 2.75) is 12.5 Å². The molecule has 1 N–H and O–H groups in total. The molecule has 0 radical (unpaired) electrons.